The third-order valence-electron chi connectivity index (χ3n) is 3.16. The maximum Gasteiger partial charge on any atom is 0.311 e. The van der Waals surface area contributed by atoms with E-state index in [0.717, 1.165) is 31.2 Å². The standard InChI is InChI=1S/C13H16FN3O4/c14-10-2-3-11(17(19)20)12(8-10)21-9-13(18)16-6-1-4-15-5-7-16/h2-3,8,15H,1,4-7,9H2. The fourth-order valence-corrected chi connectivity index (χ4v) is 2.08. The Bertz CT molecular complexity index is 530. The predicted molar refractivity (Wildman–Crippen MR) is 72.6 cm³/mol. The van der Waals surface area contributed by atoms with Crippen LogP contribution in [0.3, 0.4) is 0 Å². The van der Waals surface area contributed by atoms with Gasteiger partial charge in [0.2, 0.25) is 5.75 Å². The molecule has 7 nitrogen and oxygen atoms in total. The fraction of sp³-hybridized carbons (Fsp3) is 0.462. The summed E-state index contributed by atoms with van der Waals surface area (Å²) in [7, 11) is 0. The molecular weight excluding hydrogens is 281 g/mol. The monoisotopic (exact) mass is 297 g/mol. The number of halogens is 1. The van der Waals surface area contributed by atoms with E-state index in [-0.39, 0.29) is 24.0 Å². The number of benzene rings is 1. The van der Waals surface area contributed by atoms with Crippen LogP contribution in [0.25, 0.3) is 0 Å². The van der Waals surface area contributed by atoms with Crippen molar-refractivity contribution in [3.8, 4) is 5.75 Å². The first-order valence-corrected chi connectivity index (χ1v) is 6.63. The van der Waals surface area contributed by atoms with Gasteiger partial charge in [0.1, 0.15) is 5.82 Å². The summed E-state index contributed by atoms with van der Waals surface area (Å²) >= 11 is 0. The van der Waals surface area contributed by atoms with Crippen LogP contribution in [-0.2, 0) is 4.79 Å². The summed E-state index contributed by atoms with van der Waals surface area (Å²) in [5.41, 5.74) is -0.360. The van der Waals surface area contributed by atoms with Gasteiger partial charge in [-0.05, 0) is 19.0 Å². The Morgan fingerprint density at radius 1 is 1.43 bits per heavy atom. The Kier molecular flexibility index (Phi) is 5.04. The van der Waals surface area contributed by atoms with Crippen LogP contribution in [0.5, 0.6) is 5.75 Å². The highest BCUT2D eigenvalue weighted by Crippen LogP contribution is 2.27. The highest BCUT2D eigenvalue weighted by Gasteiger charge is 2.20. The average Bonchev–Trinajstić information content (AvgIpc) is 2.73. The minimum Gasteiger partial charge on any atom is -0.477 e. The first kappa shape index (κ1) is 15.2. The van der Waals surface area contributed by atoms with Gasteiger partial charge in [0.15, 0.2) is 6.61 Å². The lowest BCUT2D eigenvalue weighted by molar-refractivity contribution is -0.385. The van der Waals surface area contributed by atoms with Gasteiger partial charge in [-0.25, -0.2) is 4.39 Å². The van der Waals surface area contributed by atoms with Crippen molar-refractivity contribution in [1.82, 2.24) is 10.2 Å². The van der Waals surface area contributed by atoms with Crippen LogP contribution >= 0.6 is 0 Å². The molecule has 0 atom stereocenters. The summed E-state index contributed by atoms with van der Waals surface area (Å²) < 4.78 is 18.3. The van der Waals surface area contributed by atoms with E-state index in [9.17, 15) is 19.3 Å². The number of nitrogens with zero attached hydrogens (tertiary/aromatic N) is 2. The summed E-state index contributed by atoms with van der Waals surface area (Å²) in [6.07, 6.45) is 0.839. The van der Waals surface area contributed by atoms with E-state index in [0.29, 0.717) is 19.6 Å². The topological polar surface area (TPSA) is 84.7 Å². The van der Waals surface area contributed by atoms with Crippen LogP contribution in [0, 0.1) is 15.9 Å². The number of hydrogen-bond donors (Lipinski definition) is 1. The lowest BCUT2D eigenvalue weighted by Crippen LogP contribution is -2.37. The number of nitro groups is 1. The quantitative estimate of drug-likeness (QED) is 0.660. The molecule has 8 heteroatoms. The van der Waals surface area contributed by atoms with E-state index in [1.807, 2.05) is 0 Å². The van der Waals surface area contributed by atoms with E-state index < -0.39 is 10.7 Å². The van der Waals surface area contributed by atoms with Crippen LogP contribution in [-0.4, -0.2) is 48.5 Å². The lowest BCUT2D eigenvalue weighted by atomic mass is 10.3. The Balaban J connectivity index is 2.00. The molecular formula is C13H16FN3O4. The van der Waals surface area contributed by atoms with Crippen LogP contribution in [0.4, 0.5) is 10.1 Å². The smallest absolute Gasteiger partial charge is 0.311 e. The van der Waals surface area contributed by atoms with Crippen molar-refractivity contribution in [3.63, 3.8) is 0 Å². The van der Waals surface area contributed by atoms with Crippen molar-refractivity contribution < 1.29 is 18.8 Å². The van der Waals surface area contributed by atoms with Crippen molar-refractivity contribution >= 4 is 11.6 Å². The molecule has 1 aliphatic rings. The zero-order valence-corrected chi connectivity index (χ0v) is 11.4. The summed E-state index contributed by atoms with van der Waals surface area (Å²) in [5.74, 6) is -1.15. The van der Waals surface area contributed by atoms with E-state index in [1.165, 1.54) is 0 Å². The van der Waals surface area contributed by atoms with Crippen molar-refractivity contribution in [1.29, 1.82) is 0 Å². The van der Waals surface area contributed by atoms with E-state index in [2.05, 4.69) is 5.32 Å². The Hall–Kier alpha value is -2.22. The zero-order valence-electron chi connectivity index (χ0n) is 11.4. The minimum atomic E-state index is -0.672. The average molecular weight is 297 g/mol. The molecule has 1 saturated heterocycles. The predicted octanol–water partition coefficient (Wildman–Crippen LogP) is 0.935. The van der Waals surface area contributed by atoms with Gasteiger partial charge < -0.3 is 15.0 Å². The van der Waals surface area contributed by atoms with Gasteiger partial charge in [0.05, 0.1) is 4.92 Å². The first-order chi connectivity index (χ1) is 10.1. The highest BCUT2D eigenvalue weighted by atomic mass is 19.1. The number of carbonyl (C=O) groups is 1. The van der Waals surface area contributed by atoms with Crippen molar-refractivity contribution in [3.05, 3.63) is 34.1 Å². The summed E-state index contributed by atoms with van der Waals surface area (Å²) in [4.78, 5) is 23.8. The molecule has 2 rings (SSSR count). The van der Waals surface area contributed by atoms with Gasteiger partial charge in [-0.1, -0.05) is 0 Å². The lowest BCUT2D eigenvalue weighted by Gasteiger charge is -2.19. The van der Waals surface area contributed by atoms with Crippen LogP contribution in [0.2, 0.25) is 0 Å². The number of nitro benzene ring substituents is 1. The molecule has 0 aromatic heterocycles. The zero-order chi connectivity index (χ0) is 15.2. The van der Waals surface area contributed by atoms with Crippen LogP contribution in [0.1, 0.15) is 6.42 Å². The molecule has 0 radical (unpaired) electrons. The molecule has 114 valence electrons. The molecule has 1 amide bonds. The summed E-state index contributed by atoms with van der Waals surface area (Å²) in [6, 6.07) is 2.91. The van der Waals surface area contributed by atoms with Gasteiger partial charge >= 0.3 is 5.69 Å². The van der Waals surface area contributed by atoms with Crippen LogP contribution in [0.15, 0.2) is 18.2 Å². The number of hydrogen-bond acceptors (Lipinski definition) is 5. The highest BCUT2D eigenvalue weighted by molar-refractivity contribution is 5.78. The van der Waals surface area contributed by atoms with Gasteiger partial charge in [0, 0.05) is 31.8 Å². The molecule has 0 aliphatic carbocycles. The minimum absolute atomic E-state index is 0.235. The van der Waals surface area contributed by atoms with E-state index in [1.54, 1.807) is 4.90 Å². The van der Waals surface area contributed by atoms with Gasteiger partial charge in [-0.2, -0.15) is 0 Å². The second-order valence-corrected chi connectivity index (χ2v) is 4.64. The third kappa shape index (κ3) is 4.12. The number of carbonyl (C=O) groups excluding carboxylic acids is 1. The molecule has 0 bridgehead atoms. The maximum atomic E-state index is 13.1. The number of amides is 1. The molecule has 0 saturated carbocycles. The second kappa shape index (κ2) is 6.98. The van der Waals surface area contributed by atoms with E-state index >= 15 is 0 Å². The Morgan fingerprint density at radius 3 is 3.00 bits per heavy atom. The fourth-order valence-electron chi connectivity index (χ4n) is 2.08. The van der Waals surface area contributed by atoms with Crippen molar-refractivity contribution in [2.75, 3.05) is 32.8 Å². The second-order valence-electron chi connectivity index (χ2n) is 4.64. The largest absolute Gasteiger partial charge is 0.477 e. The van der Waals surface area contributed by atoms with Crippen molar-refractivity contribution in [2.24, 2.45) is 0 Å². The molecule has 0 unspecified atom stereocenters. The number of rotatable bonds is 4. The molecule has 1 aromatic carbocycles. The molecule has 1 aromatic rings. The first-order valence-electron chi connectivity index (χ1n) is 6.63. The molecule has 1 aliphatic heterocycles. The van der Waals surface area contributed by atoms with Gasteiger partial charge in [0.25, 0.3) is 5.91 Å². The summed E-state index contributed by atoms with van der Waals surface area (Å²) in [5, 5.41) is 14.0. The van der Waals surface area contributed by atoms with Crippen LogP contribution < -0.4 is 10.1 Å². The van der Waals surface area contributed by atoms with Gasteiger partial charge in [-0.15, -0.1) is 0 Å². The van der Waals surface area contributed by atoms with Crippen molar-refractivity contribution in [2.45, 2.75) is 6.42 Å². The SMILES string of the molecule is O=C(COc1cc(F)ccc1[N+](=O)[O-])N1CCCNCC1. The van der Waals surface area contributed by atoms with E-state index in [4.69, 9.17) is 4.74 Å². The Labute approximate surface area is 120 Å². The normalized spacial score (nSPS) is 15.4. The molecule has 1 N–H and O–H groups in total. The molecule has 1 fully saturated rings. The summed E-state index contributed by atoms with van der Waals surface area (Å²) in [6.45, 7) is 2.38. The molecule has 1 heterocycles. The molecule has 0 spiro atoms. The third-order valence-corrected chi connectivity index (χ3v) is 3.16. The number of ether oxygens (including phenoxy) is 1. The maximum absolute atomic E-state index is 13.1. The number of nitrogens with one attached hydrogen (secondary N) is 1. The van der Waals surface area contributed by atoms with Gasteiger partial charge in [-0.3, -0.25) is 14.9 Å². The Morgan fingerprint density at radius 2 is 2.24 bits per heavy atom. The molecule has 21 heavy (non-hydrogen) atoms.